The maximum absolute atomic E-state index is 14.5. The molecule has 1 aliphatic rings. The molecule has 0 saturated carbocycles. The molecule has 2 aromatic carbocycles. The van der Waals surface area contributed by atoms with Crippen LogP contribution in [0.15, 0.2) is 36.7 Å². The second kappa shape index (κ2) is 10.2. The van der Waals surface area contributed by atoms with E-state index >= 15 is 0 Å². The van der Waals surface area contributed by atoms with Gasteiger partial charge in [-0.05, 0) is 50.6 Å². The number of halogens is 1. The standard InChI is InChI=1S/C24H26FN5O2/c1-31-21-13-18-20(14-22(21)32-12-6-11-30-9-3-2-4-10-30)27-16-28-24(18)29-19-8-5-7-17(15-26)23(19)25/h5,7-8,13-14,16H,2-4,6,9-12H2,1H3,(H,27,28,29). The number of hydrogen-bond donors (Lipinski definition) is 1. The maximum Gasteiger partial charge on any atom is 0.164 e. The van der Waals surface area contributed by atoms with E-state index in [9.17, 15) is 4.39 Å². The predicted molar refractivity (Wildman–Crippen MR) is 121 cm³/mol. The van der Waals surface area contributed by atoms with E-state index in [-0.39, 0.29) is 11.3 Å². The molecule has 4 rings (SSSR count). The molecule has 0 bridgehead atoms. The van der Waals surface area contributed by atoms with Gasteiger partial charge in [0.15, 0.2) is 17.3 Å². The highest BCUT2D eigenvalue weighted by Crippen LogP contribution is 2.35. The largest absolute Gasteiger partial charge is 0.493 e. The van der Waals surface area contributed by atoms with Crippen LogP contribution in [-0.4, -0.2) is 48.2 Å². The van der Waals surface area contributed by atoms with E-state index in [1.54, 1.807) is 25.3 Å². The quantitative estimate of drug-likeness (QED) is 0.516. The number of nitrogens with one attached hydrogen (secondary N) is 1. The maximum atomic E-state index is 14.5. The monoisotopic (exact) mass is 435 g/mol. The number of ether oxygens (including phenoxy) is 2. The number of piperidine rings is 1. The molecule has 2 heterocycles. The van der Waals surface area contributed by atoms with Crippen LogP contribution in [0.25, 0.3) is 10.9 Å². The molecule has 0 unspecified atom stereocenters. The second-order valence-corrected chi connectivity index (χ2v) is 7.75. The first-order valence-corrected chi connectivity index (χ1v) is 10.8. The predicted octanol–water partition coefficient (Wildman–Crippen LogP) is 4.65. The van der Waals surface area contributed by atoms with Crippen molar-refractivity contribution in [3.8, 4) is 17.6 Å². The lowest BCUT2D eigenvalue weighted by atomic mass is 10.1. The molecule has 1 aromatic heterocycles. The third-order valence-corrected chi connectivity index (χ3v) is 5.62. The van der Waals surface area contributed by atoms with Gasteiger partial charge in [-0.25, -0.2) is 14.4 Å². The number of rotatable bonds is 8. The van der Waals surface area contributed by atoms with Crippen molar-refractivity contribution in [1.82, 2.24) is 14.9 Å². The third-order valence-electron chi connectivity index (χ3n) is 5.62. The number of fused-ring (bicyclic) bond motifs is 1. The summed E-state index contributed by atoms with van der Waals surface area (Å²) >= 11 is 0. The normalized spacial score (nSPS) is 14.2. The van der Waals surface area contributed by atoms with Crippen LogP contribution in [-0.2, 0) is 0 Å². The minimum atomic E-state index is -0.623. The van der Waals surface area contributed by atoms with Gasteiger partial charge in [-0.1, -0.05) is 12.5 Å². The van der Waals surface area contributed by atoms with Crippen LogP contribution in [0, 0.1) is 17.1 Å². The van der Waals surface area contributed by atoms with Gasteiger partial charge in [-0.15, -0.1) is 0 Å². The summed E-state index contributed by atoms with van der Waals surface area (Å²) < 4.78 is 26.0. The third kappa shape index (κ3) is 4.89. The molecule has 8 heteroatoms. The van der Waals surface area contributed by atoms with E-state index in [4.69, 9.17) is 14.7 Å². The molecule has 0 atom stereocenters. The number of hydrogen-bond acceptors (Lipinski definition) is 7. The molecule has 0 amide bonds. The number of nitrogens with zero attached hydrogens (tertiary/aromatic N) is 4. The molecular formula is C24H26FN5O2. The van der Waals surface area contributed by atoms with Crippen molar-refractivity contribution in [1.29, 1.82) is 5.26 Å². The number of likely N-dealkylation sites (tertiary alicyclic amines) is 1. The lowest BCUT2D eigenvalue weighted by Crippen LogP contribution is -2.31. The smallest absolute Gasteiger partial charge is 0.164 e. The Bertz CT molecular complexity index is 1130. The summed E-state index contributed by atoms with van der Waals surface area (Å²) in [5.74, 6) is 0.960. The van der Waals surface area contributed by atoms with Gasteiger partial charge < -0.3 is 19.7 Å². The summed E-state index contributed by atoms with van der Waals surface area (Å²) in [6, 6.07) is 10.0. The van der Waals surface area contributed by atoms with Crippen molar-refractivity contribution < 1.29 is 13.9 Å². The Labute approximate surface area is 186 Å². The molecule has 1 N–H and O–H groups in total. The molecule has 0 aliphatic carbocycles. The van der Waals surface area contributed by atoms with Gasteiger partial charge in [-0.3, -0.25) is 0 Å². The van der Waals surface area contributed by atoms with E-state index in [0.29, 0.717) is 34.8 Å². The molecule has 0 radical (unpaired) electrons. The van der Waals surface area contributed by atoms with Gasteiger partial charge in [0.2, 0.25) is 0 Å². The SMILES string of the molecule is COc1cc2c(Nc3cccc(C#N)c3F)ncnc2cc1OCCCN1CCCCC1. The van der Waals surface area contributed by atoms with E-state index < -0.39 is 5.82 Å². The van der Waals surface area contributed by atoms with E-state index in [1.165, 1.54) is 44.7 Å². The molecule has 32 heavy (non-hydrogen) atoms. The summed E-state index contributed by atoms with van der Waals surface area (Å²) in [5, 5.41) is 12.7. The van der Waals surface area contributed by atoms with Crippen LogP contribution in [0.2, 0.25) is 0 Å². The first-order chi connectivity index (χ1) is 15.7. The first-order valence-electron chi connectivity index (χ1n) is 10.8. The zero-order valence-electron chi connectivity index (χ0n) is 18.1. The Morgan fingerprint density at radius 2 is 2.00 bits per heavy atom. The summed E-state index contributed by atoms with van der Waals surface area (Å²) in [6.45, 7) is 3.95. The molecule has 7 nitrogen and oxygen atoms in total. The molecule has 1 aliphatic heterocycles. The zero-order valence-corrected chi connectivity index (χ0v) is 18.1. The average molecular weight is 436 g/mol. The number of methoxy groups -OCH3 is 1. The van der Waals surface area contributed by atoms with Crippen LogP contribution < -0.4 is 14.8 Å². The molecule has 3 aromatic rings. The lowest BCUT2D eigenvalue weighted by Gasteiger charge is -2.26. The Kier molecular flexibility index (Phi) is 6.97. The number of anilines is 2. The van der Waals surface area contributed by atoms with Gasteiger partial charge in [-0.2, -0.15) is 5.26 Å². The number of benzene rings is 2. The van der Waals surface area contributed by atoms with Crippen LogP contribution in [0.4, 0.5) is 15.9 Å². The topological polar surface area (TPSA) is 83.3 Å². The van der Waals surface area contributed by atoms with Crippen LogP contribution in [0.3, 0.4) is 0 Å². The van der Waals surface area contributed by atoms with Crippen molar-refractivity contribution in [2.75, 3.05) is 38.7 Å². The highest BCUT2D eigenvalue weighted by Gasteiger charge is 2.15. The minimum absolute atomic E-state index is 0.0359. The van der Waals surface area contributed by atoms with Crippen LogP contribution in [0.5, 0.6) is 11.5 Å². The highest BCUT2D eigenvalue weighted by molar-refractivity contribution is 5.93. The fraction of sp³-hybridized carbons (Fsp3) is 0.375. The fourth-order valence-electron chi connectivity index (χ4n) is 3.93. The van der Waals surface area contributed by atoms with Crippen LogP contribution >= 0.6 is 0 Å². The fourth-order valence-corrected chi connectivity index (χ4v) is 3.93. The van der Waals surface area contributed by atoms with Crippen molar-refractivity contribution in [3.05, 3.63) is 48.0 Å². The summed E-state index contributed by atoms with van der Waals surface area (Å²) in [6.07, 6.45) is 6.23. The van der Waals surface area contributed by atoms with Crippen molar-refractivity contribution in [3.63, 3.8) is 0 Å². The van der Waals surface area contributed by atoms with E-state index in [1.807, 2.05) is 12.1 Å². The lowest BCUT2D eigenvalue weighted by molar-refractivity contribution is 0.203. The molecule has 0 spiro atoms. The summed E-state index contributed by atoms with van der Waals surface area (Å²) in [7, 11) is 1.58. The Morgan fingerprint density at radius 1 is 1.16 bits per heavy atom. The van der Waals surface area contributed by atoms with Gasteiger partial charge in [0.25, 0.3) is 0 Å². The minimum Gasteiger partial charge on any atom is -0.493 e. The van der Waals surface area contributed by atoms with E-state index in [2.05, 4.69) is 20.2 Å². The van der Waals surface area contributed by atoms with Crippen molar-refractivity contribution in [2.24, 2.45) is 0 Å². The highest BCUT2D eigenvalue weighted by atomic mass is 19.1. The Morgan fingerprint density at radius 3 is 2.78 bits per heavy atom. The van der Waals surface area contributed by atoms with Gasteiger partial charge in [0.1, 0.15) is 18.2 Å². The zero-order chi connectivity index (χ0) is 22.3. The van der Waals surface area contributed by atoms with Gasteiger partial charge in [0, 0.05) is 18.0 Å². The summed E-state index contributed by atoms with van der Waals surface area (Å²) in [4.78, 5) is 11.1. The number of nitriles is 1. The van der Waals surface area contributed by atoms with E-state index in [0.717, 1.165) is 13.0 Å². The Hall–Kier alpha value is -3.44. The molecular weight excluding hydrogens is 409 g/mol. The molecule has 1 saturated heterocycles. The number of aromatic nitrogens is 2. The Balaban J connectivity index is 1.51. The van der Waals surface area contributed by atoms with Crippen LogP contribution in [0.1, 0.15) is 31.2 Å². The summed E-state index contributed by atoms with van der Waals surface area (Å²) in [5.41, 5.74) is 0.776. The average Bonchev–Trinajstić information content (AvgIpc) is 2.83. The second-order valence-electron chi connectivity index (χ2n) is 7.75. The van der Waals surface area contributed by atoms with Gasteiger partial charge >= 0.3 is 0 Å². The van der Waals surface area contributed by atoms with Gasteiger partial charge in [0.05, 0.1) is 30.5 Å². The first kappa shape index (κ1) is 21.8. The molecule has 1 fully saturated rings. The molecule has 166 valence electrons. The van der Waals surface area contributed by atoms with Crippen molar-refractivity contribution >= 4 is 22.4 Å². The van der Waals surface area contributed by atoms with Crippen molar-refractivity contribution in [2.45, 2.75) is 25.7 Å².